The second kappa shape index (κ2) is 5.74. The molecule has 1 atom stereocenters. The molecular formula is C20H18ClN3O2. The Bertz CT molecular complexity index is 1040. The van der Waals surface area contributed by atoms with Crippen LogP contribution in [0.5, 0.6) is 5.75 Å². The van der Waals surface area contributed by atoms with Crippen LogP contribution in [0.25, 0.3) is 11.0 Å². The van der Waals surface area contributed by atoms with E-state index < -0.39 is 0 Å². The van der Waals surface area contributed by atoms with Crippen molar-refractivity contribution in [1.82, 2.24) is 9.97 Å². The monoisotopic (exact) mass is 367 g/mol. The number of imidazole rings is 1. The van der Waals surface area contributed by atoms with Gasteiger partial charge in [-0.25, -0.2) is 4.98 Å². The predicted octanol–water partition coefficient (Wildman–Crippen LogP) is 4.33. The number of aromatic nitrogens is 2. The van der Waals surface area contributed by atoms with Gasteiger partial charge in [0, 0.05) is 29.1 Å². The molecule has 26 heavy (non-hydrogen) atoms. The van der Waals surface area contributed by atoms with Crippen molar-refractivity contribution in [2.24, 2.45) is 0 Å². The second-order valence-corrected chi connectivity index (χ2v) is 7.29. The first-order valence-electron chi connectivity index (χ1n) is 8.85. The molecule has 1 fully saturated rings. The Morgan fingerprint density at radius 3 is 2.88 bits per heavy atom. The van der Waals surface area contributed by atoms with E-state index in [2.05, 4.69) is 9.97 Å². The first kappa shape index (κ1) is 15.7. The maximum absolute atomic E-state index is 12.0. The second-order valence-electron chi connectivity index (χ2n) is 6.88. The Morgan fingerprint density at radius 2 is 2.15 bits per heavy atom. The largest absolute Gasteiger partial charge is 0.483 e. The number of carbonyl (C=O) groups is 1. The van der Waals surface area contributed by atoms with E-state index in [9.17, 15) is 4.79 Å². The molecule has 0 unspecified atom stereocenters. The summed E-state index contributed by atoms with van der Waals surface area (Å²) in [5.41, 5.74) is 4.73. The number of aromatic amines is 1. The maximum Gasteiger partial charge on any atom is 0.228 e. The highest BCUT2D eigenvalue weighted by Crippen LogP contribution is 2.45. The van der Waals surface area contributed by atoms with E-state index in [0.717, 1.165) is 58.8 Å². The van der Waals surface area contributed by atoms with Crippen molar-refractivity contribution in [3.8, 4) is 5.75 Å². The minimum absolute atomic E-state index is 0.112. The molecule has 6 heteroatoms. The van der Waals surface area contributed by atoms with Crippen LogP contribution < -0.4 is 9.64 Å². The van der Waals surface area contributed by atoms with Gasteiger partial charge in [0.05, 0.1) is 11.2 Å². The summed E-state index contributed by atoms with van der Waals surface area (Å²) in [6.45, 7) is 2.69. The van der Waals surface area contributed by atoms with E-state index in [1.54, 1.807) is 0 Å². The first-order chi connectivity index (χ1) is 12.6. The van der Waals surface area contributed by atoms with Gasteiger partial charge < -0.3 is 14.6 Å². The van der Waals surface area contributed by atoms with Gasteiger partial charge in [-0.2, -0.15) is 0 Å². The topological polar surface area (TPSA) is 58.2 Å². The van der Waals surface area contributed by atoms with Crippen LogP contribution in [0.1, 0.15) is 35.9 Å². The molecule has 3 aromatic rings. The molecule has 2 aliphatic heterocycles. The molecule has 5 nitrogen and oxygen atoms in total. The van der Waals surface area contributed by atoms with Gasteiger partial charge in [-0.05, 0) is 31.9 Å². The highest BCUT2D eigenvalue weighted by atomic mass is 35.5. The van der Waals surface area contributed by atoms with Gasteiger partial charge in [-0.3, -0.25) is 4.79 Å². The lowest BCUT2D eigenvalue weighted by molar-refractivity contribution is -0.122. The van der Waals surface area contributed by atoms with Gasteiger partial charge >= 0.3 is 0 Å². The number of rotatable bonds is 2. The first-order valence-corrected chi connectivity index (χ1v) is 9.23. The Morgan fingerprint density at radius 1 is 1.31 bits per heavy atom. The Hall–Kier alpha value is -2.53. The lowest BCUT2D eigenvalue weighted by Gasteiger charge is -2.35. The van der Waals surface area contributed by atoms with Crippen molar-refractivity contribution in [1.29, 1.82) is 0 Å². The summed E-state index contributed by atoms with van der Waals surface area (Å²) in [6.07, 6.45) is 2.14. The van der Waals surface area contributed by atoms with Gasteiger partial charge in [0.1, 0.15) is 17.4 Å². The molecule has 0 aliphatic carbocycles. The van der Waals surface area contributed by atoms with E-state index in [1.165, 1.54) is 0 Å². The number of aryl methyl sites for hydroxylation is 1. The minimum Gasteiger partial charge on any atom is -0.483 e. The zero-order valence-electron chi connectivity index (χ0n) is 14.4. The number of halogens is 1. The number of β-lactam (4-membered cyclic amide) rings is 1. The number of H-pyrrole nitrogens is 1. The van der Waals surface area contributed by atoms with E-state index >= 15 is 0 Å². The Kier molecular flexibility index (Phi) is 3.47. The van der Waals surface area contributed by atoms with Gasteiger partial charge in [-0.15, -0.1) is 0 Å². The maximum atomic E-state index is 12.0. The number of anilines is 1. The van der Waals surface area contributed by atoms with E-state index in [1.807, 2.05) is 42.2 Å². The van der Waals surface area contributed by atoms with Crippen molar-refractivity contribution in [2.45, 2.75) is 32.3 Å². The van der Waals surface area contributed by atoms with Crippen LogP contribution >= 0.6 is 11.6 Å². The molecule has 2 aliphatic rings. The van der Waals surface area contributed by atoms with Crippen molar-refractivity contribution in [3.05, 3.63) is 52.3 Å². The molecule has 1 saturated heterocycles. The van der Waals surface area contributed by atoms with Crippen molar-refractivity contribution in [3.63, 3.8) is 0 Å². The summed E-state index contributed by atoms with van der Waals surface area (Å²) in [6, 6.07) is 9.83. The molecule has 1 amide bonds. The molecule has 0 bridgehead atoms. The van der Waals surface area contributed by atoms with Crippen LogP contribution in [-0.2, 0) is 11.2 Å². The smallest absolute Gasteiger partial charge is 0.228 e. The predicted molar refractivity (Wildman–Crippen MR) is 101 cm³/mol. The third-order valence-electron chi connectivity index (χ3n) is 5.24. The average molecular weight is 368 g/mol. The molecule has 1 N–H and O–H groups in total. The fourth-order valence-corrected chi connectivity index (χ4v) is 4.14. The lowest BCUT2D eigenvalue weighted by Crippen LogP contribution is -2.44. The lowest BCUT2D eigenvalue weighted by atomic mass is 9.94. The number of nitrogens with one attached hydrogen (secondary N) is 1. The highest BCUT2D eigenvalue weighted by Gasteiger charge is 2.33. The number of hydrogen-bond donors (Lipinski definition) is 1. The molecule has 3 heterocycles. The fourth-order valence-electron chi connectivity index (χ4n) is 3.88. The number of amides is 1. The summed E-state index contributed by atoms with van der Waals surface area (Å²) in [5, 5.41) is 0.712. The summed E-state index contributed by atoms with van der Waals surface area (Å²) < 4.78 is 6.42. The van der Waals surface area contributed by atoms with Crippen LogP contribution in [0, 0.1) is 6.92 Å². The van der Waals surface area contributed by atoms with Gasteiger partial charge in [0.25, 0.3) is 0 Å². The Balaban J connectivity index is 1.65. The van der Waals surface area contributed by atoms with Crippen molar-refractivity contribution < 1.29 is 9.53 Å². The van der Waals surface area contributed by atoms with E-state index in [0.29, 0.717) is 11.4 Å². The molecule has 1 aromatic heterocycles. The third-order valence-corrected chi connectivity index (χ3v) is 5.58. The minimum atomic E-state index is -0.112. The Labute approximate surface area is 155 Å². The molecular weight excluding hydrogens is 350 g/mol. The molecule has 0 radical (unpaired) electrons. The number of nitrogens with zero attached hydrogens (tertiary/aromatic N) is 2. The van der Waals surface area contributed by atoms with Gasteiger partial charge in [-0.1, -0.05) is 29.8 Å². The molecule has 2 aromatic carbocycles. The van der Waals surface area contributed by atoms with E-state index in [4.69, 9.17) is 16.3 Å². The fraction of sp³-hybridized carbons (Fsp3) is 0.300. The van der Waals surface area contributed by atoms with Crippen LogP contribution in [0.3, 0.4) is 0 Å². The standard InChI is InChI=1S/C20H18ClN3O2/c1-11-22-15-10-16(24-9-8-18(24)25)13-6-7-17(26-20(13)19(15)23-11)12-4-2-3-5-14(12)21/h2-5,10,17H,6-9H2,1H3,(H,22,23)/t17-/m0/s1. The van der Waals surface area contributed by atoms with Crippen LogP contribution in [-0.4, -0.2) is 22.4 Å². The van der Waals surface area contributed by atoms with Crippen molar-refractivity contribution in [2.75, 3.05) is 11.4 Å². The average Bonchev–Trinajstić information content (AvgIpc) is 3.01. The number of hydrogen-bond acceptors (Lipinski definition) is 3. The van der Waals surface area contributed by atoms with Crippen LogP contribution in [0.15, 0.2) is 30.3 Å². The number of benzene rings is 2. The summed E-state index contributed by atoms with van der Waals surface area (Å²) in [4.78, 5) is 21.8. The number of fused-ring (bicyclic) bond motifs is 3. The van der Waals surface area contributed by atoms with Gasteiger partial charge in [0.15, 0.2) is 5.75 Å². The highest BCUT2D eigenvalue weighted by molar-refractivity contribution is 6.31. The summed E-state index contributed by atoms with van der Waals surface area (Å²) in [7, 11) is 0. The SMILES string of the molecule is Cc1nc2c3c(c(N4CCC4=O)cc2[nH]1)CC[C@@H](c1ccccc1Cl)O3. The third kappa shape index (κ3) is 2.31. The quantitative estimate of drug-likeness (QED) is 0.686. The van der Waals surface area contributed by atoms with E-state index in [-0.39, 0.29) is 12.0 Å². The van der Waals surface area contributed by atoms with Crippen LogP contribution in [0.2, 0.25) is 5.02 Å². The number of ether oxygens (including phenoxy) is 1. The van der Waals surface area contributed by atoms with Crippen LogP contribution in [0.4, 0.5) is 5.69 Å². The molecule has 132 valence electrons. The molecule has 0 spiro atoms. The zero-order valence-corrected chi connectivity index (χ0v) is 15.1. The number of carbonyl (C=O) groups excluding carboxylic acids is 1. The normalized spacial score (nSPS) is 19.2. The summed E-state index contributed by atoms with van der Waals surface area (Å²) >= 11 is 6.38. The molecule has 0 saturated carbocycles. The van der Waals surface area contributed by atoms with Crippen molar-refractivity contribution >= 4 is 34.2 Å². The summed E-state index contributed by atoms with van der Waals surface area (Å²) in [5.74, 6) is 1.77. The van der Waals surface area contributed by atoms with Gasteiger partial charge in [0.2, 0.25) is 5.91 Å². The zero-order chi connectivity index (χ0) is 17.8. The molecule has 5 rings (SSSR count).